The Bertz CT molecular complexity index is 1600. The number of thioether (sulfide) groups is 1. The van der Waals surface area contributed by atoms with E-state index in [-0.39, 0.29) is 16.4 Å². The van der Waals surface area contributed by atoms with E-state index in [4.69, 9.17) is 14.5 Å². The Morgan fingerprint density at radius 3 is 2.21 bits per heavy atom. The van der Waals surface area contributed by atoms with E-state index in [2.05, 4.69) is 38.1 Å². The van der Waals surface area contributed by atoms with Crippen molar-refractivity contribution in [2.45, 2.75) is 42.9 Å². The van der Waals surface area contributed by atoms with Gasteiger partial charge in [-0.2, -0.15) is 0 Å². The van der Waals surface area contributed by atoms with Gasteiger partial charge in [-0.05, 0) is 54.8 Å². The number of ether oxygens (including phenoxy) is 2. The van der Waals surface area contributed by atoms with Crippen molar-refractivity contribution in [2.24, 2.45) is 0 Å². The molecule has 7 heteroatoms. The van der Waals surface area contributed by atoms with E-state index >= 15 is 0 Å². The Labute approximate surface area is 230 Å². The van der Waals surface area contributed by atoms with Gasteiger partial charge in [0.15, 0.2) is 5.16 Å². The van der Waals surface area contributed by atoms with Crippen LogP contribution in [0.2, 0.25) is 0 Å². The number of hydrogen-bond acceptors (Lipinski definition) is 6. The van der Waals surface area contributed by atoms with E-state index in [1.165, 1.54) is 0 Å². The molecule has 192 valence electrons. The van der Waals surface area contributed by atoms with Crippen LogP contribution in [0.4, 0.5) is 0 Å². The zero-order valence-electron chi connectivity index (χ0n) is 21.5. The van der Waals surface area contributed by atoms with Gasteiger partial charge in [0.25, 0.3) is 5.56 Å². The predicted molar refractivity (Wildman–Crippen MR) is 155 cm³/mol. The monoisotopic (exact) mass is 540 g/mol. The molecule has 0 saturated heterocycles. The summed E-state index contributed by atoms with van der Waals surface area (Å²) in [5.41, 5.74) is 3.77. The first-order valence-corrected chi connectivity index (χ1v) is 14.3. The molecule has 0 N–H and O–H groups in total. The summed E-state index contributed by atoms with van der Waals surface area (Å²) in [5.74, 6) is 0.739. The van der Waals surface area contributed by atoms with Crippen LogP contribution in [-0.4, -0.2) is 22.3 Å². The molecule has 0 atom stereocenters. The Hall–Kier alpha value is -3.39. The van der Waals surface area contributed by atoms with Crippen LogP contribution in [-0.2, 0) is 17.8 Å². The summed E-state index contributed by atoms with van der Waals surface area (Å²) in [5, 5.41) is 1.32. The van der Waals surface area contributed by atoms with Crippen LogP contribution < -0.4 is 10.3 Å². The van der Waals surface area contributed by atoms with Gasteiger partial charge in [-0.15, -0.1) is 11.3 Å². The van der Waals surface area contributed by atoms with Crippen molar-refractivity contribution in [3.05, 3.63) is 117 Å². The molecule has 5 nitrogen and oxygen atoms in total. The standard InChI is InChI=1S/C31H28N2O3S2/c1-31(2)18-24-25(19-36-31)37-28-26(24)29(34)33(22-14-16-23(35-3)17-15-22)30(32-28)38-27(20-10-6-4-7-11-20)21-12-8-5-9-13-21/h4-17,27H,18-19H2,1-3H3. The smallest absolute Gasteiger partial charge is 0.267 e. The second-order valence-corrected chi connectivity index (χ2v) is 12.1. The summed E-state index contributed by atoms with van der Waals surface area (Å²) in [4.78, 5) is 21.4. The fourth-order valence-corrected chi connectivity index (χ4v) is 7.29. The van der Waals surface area contributed by atoms with Crippen LogP contribution >= 0.6 is 23.1 Å². The Kier molecular flexibility index (Phi) is 6.60. The number of rotatable bonds is 6. The van der Waals surface area contributed by atoms with Crippen molar-refractivity contribution >= 4 is 33.3 Å². The highest BCUT2D eigenvalue weighted by molar-refractivity contribution is 7.99. The van der Waals surface area contributed by atoms with Crippen molar-refractivity contribution in [2.75, 3.05) is 7.11 Å². The van der Waals surface area contributed by atoms with Gasteiger partial charge in [-0.25, -0.2) is 4.98 Å². The number of nitrogens with zero attached hydrogens (tertiary/aromatic N) is 2. The summed E-state index contributed by atoms with van der Waals surface area (Å²) in [7, 11) is 1.64. The van der Waals surface area contributed by atoms with E-state index in [1.54, 1.807) is 34.8 Å². The fraction of sp³-hybridized carbons (Fsp3) is 0.226. The number of methoxy groups -OCH3 is 1. The topological polar surface area (TPSA) is 53.4 Å². The lowest BCUT2D eigenvalue weighted by molar-refractivity contribution is -0.0379. The number of thiophene rings is 1. The van der Waals surface area contributed by atoms with Gasteiger partial charge in [0.05, 0.1) is 35.6 Å². The quantitative estimate of drug-likeness (QED) is 0.169. The van der Waals surface area contributed by atoms with Gasteiger partial charge in [0, 0.05) is 11.3 Å². The third-order valence-corrected chi connectivity index (χ3v) is 9.20. The zero-order chi connectivity index (χ0) is 26.3. The van der Waals surface area contributed by atoms with Crippen LogP contribution in [0.15, 0.2) is 94.9 Å². The molecule has 1 aliphatic rings. The zero-order valence-corrected chi connectivity index (χ0v) is 23.1. The van der Waals surface area contributed by atoms with E-state index in [1.807, 2.05) is 60.7 Å². The number of hydrogen-bond donors (Lipinski definition) is 0. The van der Waals surface area contributed by atoms with E-state index in [0.717, 1.165) is 37.8 Å². The molecule has 6 rings (SSSR count). The molecule has 0 saturated carbocycles. The first-order valence-electron chi connectivity index (χ1n) is 12.6. The first kappa shape index (κ1) is 24.9. The van der Waals surface area contributed by atoms with Gasteiger partial charge >= 0.3 is 0 Å². The Morgan fingerprint density at radius 1 is 0.974 bits per heavy atom. The van der Waals surface area contributed by atoms with Crippen LogP contribution in [0.5, 0.6) is 5.75 Å². The molecule has 3 aromatic carbocycles. The third kappa shape index (κ3) is 4.66. The highest BCUT2D eigenvalue weighted by Gasteiger charge is 2.32. The van der Waals surface area contributed by atoms with Crippen molar-refractivity contribution in [1.29, 1.82) is 0 Å². The Morgan fingerprint density at radius 2 is 1.61 bits per heavy atom. The molecule has 0 unspecified atom stereocenters. The van der Waals surface area contributed by atoms with Crippen molar-refractivity contribution < 1.29 is 9.47 Å². The molecular formula is C31H28N2O3S2. The van der Waals surface area contributed by atoms with Crippen LogP contribution in [0.1, 0.15) is 40.7 Å². The molecule has 0 amide bonds. The second-order valence-electron chi connectivity index (χ2n) is 9.96. The number of fused-ring (bicyclic) bond motifs is 3. The fourth-order valence-electron chi connectivity index (χ4n) is 4.90. The van der Waals surface area contributed by atoms with Crippen molar-refractivity contribution in [3.63, 3.8) is 0 Å². The van der Waals surface area contributed by atoms with E-state index < -0.39 is 0 Å². The van der Waals surface area contributed by atoms with E-state index in [0.29, 0.717) is 23.6 Å². The molecule has 5 aromatic rings. The van der Waals surface area contributed by atoms with Gasteiger partial charge in [-0.3, -0.25) is 9.36 Å². The average molecular weight is 541 g/mol. The van der Waals surface area contributed by atoms with Crippen LogP contribution in [0, 0.1) is 0 Å². The van der Waals surface area contributed by atoms with Gasteiger partial charge < -0.3 is 9.47 Å². The predicted octanol–water partition coefficient (Wildman–Crippen LogP) is 7.19. The van der Waals surface area contributed by atoms with Gasteiger partial charge in [-0.1, -0.05) is 72.4 Å². The highest BCUT2D eigenvalue weighted by atomic mass is 32.2. The number of benzene rings is 3. The highest BCUT2D eigenvalue weighted by Crippen LogP contribution is 2.42. The number of aromatic nitrogens is 2. The minimum Gasteiger partial charge on any atom is -0.497 e. The maximum absolute atomic E-state index is 14.3. The summed E-state index contributed by atoms with van der Waals surface area (Å²) in [6, 6.07) is 28.4. The largest absolute Gasteiger partial charge is 0.497 e. The minimum atomic E-state index is -0.322. The lowest BCUT2D eigenvalue weighted by atomic mass is 9.94. The molecule has 0 radical (unpaired) electrons. The van der Waals surface area contributed by atoms with Gasteiger partial charge in [0.2, 0.25) is 0 Å². The molecule has 0 spiro atoms. The lowest BCUT2D eigenvalue weighted by Crippen LogP contribution is -2.32. The third-order valence-electron chi connectivity index (χ3n) is 6.83. The Balaban J connectivity index is 1.57. The van der Waals surface area contributed by atoms with E-state index in [9.17, 15) is 4.79 Å². The molecule has 0 aliphatic carbocycles. The lowest BCUT2D eigenvalue weighted by Gasteiger charge is -2.30. The molecular weight excluding hydrogens is 512 g/mol. The summed E-state index contributed by atoms with van der Waals surface area (Å²) in [6.07, 6.45) is 0.686. The molecule has 0 fully saturated rings. The summed E-state index contributed by atoms with van der Waals surface area (Å²) < 4.78 is 13.2. The summed E-state index contributed by atoms with van der Waals surface area (Å²) in [6.45, 7) is 4.65. The SMILES string of the molecule is COc1ccc(-n2c(SC(c3ccccc3)c3ccccc3)nc3sc4c(c3c2=O)CC(C)(C)OC4)cc1. The average Bonchev–Trinajstić information content (AvgIpc) is 3.29. The molecule has 2 aromatic heterocycles. The van der Waals surface area contributed by atoms with Crippen molar-refractivity contribution in [1.82, 2.24) is 9.55 Å². The normalized spacial score (nSPS) is 14.5. The van der Waals surface area contributed by atoms with Crippen LogP contribution in [0.25, 0.3) is 15.9 Å². The molecule has 3 heterocycles. The molecule has 1 aliphatic heterocycles. The summed E-state index contributed by atoms with van der Waals surface area (Å²) >= 11 is 3.17. The van der Waals surface area contributed by atoms with Gasteiger partial charge in [0.1, 0.15) is 10.6 Å². The first-order chi connectivity index (χ1) is 18.4. The maximum Gasteiger partial charge on any atom is 0.267 e. The second kappa shape index (κ2) is 10.1. The van der Waals surface area contributed by atoms with Crippen molar-refractivity contribution in [3.8, 4) is 11.4 Å². The minimum absolute atomic E-state index is 0.0388. The van der Waals surface area contributed by atoms with Crippen LogP contribution in [0.3, 0.4) is 0 Å². The molecule has 0 bridgehead atoms. The maximum atomic E-state index is 14.3. The molecule has 38 heavy (non-hydrogen) atoms.